The molecule has 4 heterocycles. The Morgan fingerprint density at radius 1 is 0.911 bits per heavy atom. The second-order valence-electron chi connectivity index (χ2n) is 12.0. The lowest BCUT2D eigenvalue weighted by Crippen LogP contribution is -2.48. The number of likely N-dealkylation sites (tertiary alicyclic amines) is 2. The van der Waals surface area contributed by atoms with Crippen molar-refractivity contribution in [3.63, 3.8) is 0 Å². The number of benzene rings is 2. The Morgan fingerprint density at radius 2 is 1.64 bits per heavy atom. The summed E-state index contributed by atoms with van der Waals surface area (Å²) in [6.07, 6.45) is 9.66. The van der Waals surface area contributed by atoms with Gasteiger partial charge in [0.05, 0.1) is 5.69 Å². The number of carbonyl (C=O) groups excluding carboxylic acids is 2. The molecule has 0 radical (unpaired) electrons. The van der Waals surface area contributed by atoms with Crippen molar-refractivity contribution in [3.8, 4) is 5.69 Å². The van der Waals surface area contributed by atoms with E-state index < -0.39 is 0 Å². The number of anilines is 1. The minimum absolute atomic E-state index is 0.0605. The number of hydrogen-bond acceptors (Lipinski definition) is 5. The van der Waals surface area contributed by atoms with Gasteiger partial charge in [-0.1, -0.05) is 24.6 Å². The summed E-state index contributed by atoms with van der Waals surface area (Å²) in [4.78, 5) is 35.1. The summed E-state index contributed by atoms with van der Waals surface area (Å²) in [5, 5.41) is 10.5. The molecule has 6 rings (SSSR count). The minimum Gasteiger partial charge on any atom is -0.337 e. The Hall–Kier alpha value is -4.57. The number of amides is 3. The van der Waals surface area contributed by atoms with Gasteiger partial charge in [0.15, 0.2) is 5.69 Å². The molecule has 0 spiro atoms. The highest BCUT2D eigenvalue weighted by Gasteiger charge is 2.31. The van der Waals surface area contributed by atoms with Gasteiger partial charge in [-0.2, -0.15) is 5.10 Å². The van der Waals surface area contributed by atoms with Crippen molar-refractivity contribution in [1.82, 2.24) is 29.9 Å². The lowest BCUT2D eigenvalue weighted by atomic mass is 9.98. The van der Waals surface area contributed by atoms with Crippen LogP contribution in [0, 0.1) is 12.7 Å². The van der Waals surface area contributed by atoms with Crippen LogP contribution in [0.15, 0.2) is 73.1 Å². The number of nitrogens with zero attached hydrogens (tertiary/aromatic N) is 5. The Bertz CT molecular complexity index is 1590. The number of pyridine rings is 1. The first-order chi connectivity index (χ1) is 21.9. The van der Waals surface area contributed by atoms with E-state index in [1.807, 2.05) is 48.2 Å². The van der Waals surface area contributed by atoms with Crippen LogP contribution in [0.4, 0.5) is 14.9 Å². The normalized spacial score (nSPS) is 16.0. The number of nitrogens with one attached hydrogen (secondary N) is 2. The molecule has 9 nitrogen and oxygen atoms in total. The zero-order valence-electron chi connectivity index (χ0n) is 25.7. The van der Waals surface area contributed by atoms with E-state index in [-0.39, 0.29) is 17.8 Å². The van der Waals surface area contributed by atoms with Crippen LogP contribution >= 0.6 is 0 Å². The van der Waals surface area contributed by atoms with Gasteiger partial charge < -0.3 is 20.4 Å². The van der Waals surface area contributed by atoms with Crippen LogP contribution in [-0.2, 0) is 13.0 Å². The topological polar surface area (TPSA) is 95.4 Å². The van der Waals surface area contributed by atoms with E-state index in [2.05, 4.69) is 20.5 Å². The van der Waals surface area contributed by atoms with E-state index in [0.29, 0.717) is 43.5 Å². The van der Waals surface area contributed by atoms with Gasteiger partial charge in [-0.3, -0.25) is 9.78 Å². The van der Waals surface area contributed by atoms with Crippen LogP contribution in [-0.4, -0.2) is 68.7 Å². The number of rotatable bonds is 8. The third-order valence-electron chi connectivity index (χ3n) is 8.94. The highest BCUT2D eigenvalue weighted by Crippen LogP contribution is 2.27. The summed E-state index contributed by atoms with van der Waals surface area (Å²) in [5.41, 5.74) is 5.34. The smallest absolute Gasteiger partial charge is 0.319 e. The molecular weight excluding hydrogens is 569 g/mol. The first-order valence-electron chi connectivity index (χ1n) is 15.8. The SMILES string of the molecule is Cc1c(Cc2ccc(F)cc2)c(C(=O)N2CCC(N3CCCCC3)CC2)nn1-c1ccc(NC(=O)NCc2cccnc2)cc1. The highest BCUT2D eigenvalue weighted by atomic mass is 19.1. The molecule has 2 aromatic heterocycles. The Labute approximate surface area is 263 Å². The summed E-state index contributed by atoms with van der Waals surface area (Å²) in [5.74, 6) is -0.354. The molecule has 2 fully saturated rings. The number of carbonyl (C=O) groups is 2. The molecule has 2 aliphatic heterocycles. The van der Waals surface area contributed by atoms with Gasteiger partial charge in [-0.15, -0.1) is 0 Å². The summed E-state index contributed by atoms with van der Waals surface area (Å²) >= 11 is 0. The average Bonchev–Trinajstić information content (AvgIpc) is 3.41. The van der Waals surface area contributed by atoms with Gasteiger partial charge in [0.1, 0.15) is 5.82 Å². The molecule has 10 heteroatoms. The summed E-state index contributed by atoms with van der Waals surface area (Å²) < 4.78 is 15.5. The third kappa shape index (κ3) is 7.39. The summed E-state index contributed by atoms with van der Waals surface area (Å²) in [6.45, 7) is 6.08. The lowest BCUT2D eigenvalue weighted by Gasteiger charge is -2.40. The molecule has 3 amide bonds. The van der Waals surface area contributed by atoms with Crippen LogP contribution in [0.1, 0.15) is 65.0 Å². The van der Waals surface area contributed by atoms with Crippen LogP contribution in [0.3, 0.4) is 0 Å². The Morgan fingerprint density at radius 3 is 2.33 bits per heavy atom. The fourth-order valence-corrected chi connectivity index (χ4v) is 6.39. The predicted molar refractivity (Wildman–Crippen MR) is 172 cm³/mol. The zero-order chi connectivity index (χ0) is 31.2. The number of urea groups is 1. The maximum atomic E-state index is 14.0. The van der Waals surface area contributed by atoms with E-state index >= 15 is 0 Å². The minimum atomic E-state index is -0.319. The van der Waals surface area contributed by atoms with Crippen molar-refractivity contribution in [2.45, 2.75) is 58.0 Å². The molecule has 0 bridgehead atoms. The number of aromatic nitrogens is 3. The molecule has 0 aliphatic carbocycles. The highest BCUT2D eigenvalue weighted by molar-refractivity contribution is 5.94. The molecule has 4 aromatic rings. The number of piperidine rings is 2. The van der Waals surface area contributed by atoms with Crippen molar-refractivity contribution in [3.05, 3.63) is 107 Å². The molecular formula is C35H40FN7O2. The molecule has 0 atom stereocenters. The Kier molecular flexibility index (Phi) is 9.49. The van der Waals surface area contributed by atoms with Gasteiger partial charge in [-0.25, -0.2) is 13.9 Å². The van der Waals surface area contributed by atoms with Crippen LogP contribution in [0.2, 0.25) is 0 Å². The van der Waals surface area contributed by atoms with Gasteiger partial charge in [-0.05, 0) is 99.3 Å². The van der Waals surface area contributed by atoms with E-state index in [9.17, 15) is 14.0 Å². The van der Waals surface area contributed by atoms with E-state index in [4.69, 9.17) is 5.10 Å². The second-order valence-corrected chi connectivity index (χ2v) is 12.0. The molecule has 2 saturated heterocycles. The maximum absolute atomic E-state index is 14.0. The largest absolute Gasteiger partial charge is 0.337 e. The quantitative estimate of drug-likeness (QED) is 0.267. The van der Waals surface area contributed by atoms with Gasteiger partial charge in [0.25, 0.3) is 5.91 Å². The molecule has 2 aliphatic rings. The molecule has 0 saturated carbocycles. The van der Waals surface area contributed by atoms with E-state index in [1.54, 1.807) is 29.2 Å². The van der Waals surface area contributed by atoms with Crippen molar-refractivity contribution in [2.75, 3.05) is 31.5 Å². The van der Waals surface area contributed by atoms with Gasteiger partial charge in [0.2, 0.25) is 0 Å². The molecule has 234 valence electrons. The number of halogens is 1. The zero-order valence-corrected chi connectivity index (χ0v) is 25.7. The molecule has 0 unspecified atom stereocenters. The van der Waals surface area contributed by atoms with Crippen LogP contribution in [0.5, 0.6) is 0 Å². The predicted octanol–water partition coefficient (Wildman–Crippen LogP) is 5.72. The van der Waals surface area contributed by atoms with Gasteiger partial charge in [0, 0.05) is 61.4 Å². The lowest BCUT2D eigenvalue weighted by molar-refractivity contribution is 0.0583. The van der Waals surface area contributed by atoms with E-state index in [1.165, 1.54) is 31.4 Å². The van der Waals surface area contributed by atoms with Crippen molar-refractivity contribution in [2.24, 2.45) is 0 Å². The fourth-order valence-electron chi connectivity index (χ4n) is 6.39. The van der Waals surface area contributed by atoms with E-state index in [0.717, 1.165) is 54.0 Å². The fraction of sp³-hybridized carbons (Fsp3) is 0.371. The van der Waals surface area contributed by atoms with Crippen LogP contribution < -0.4 is 10.6 Å². The number of hydrogen-bond donors (Lipinski definition) is 2. The average molecular weight is 610 g/mol. The summed E-state index contributed by atoms with van der Waals surface area (Å²) in [6, 6.07) is 17.7. The van der Waals surface area contributed by atoms with Crippen molar-refractivity contribution >= 4 is 17.6 Å². The molecule has 2 N–H and O–H groups in total. The maximum Gasteiger partial charge on any atom is 0.319 e. The molecule has 45 heavy (non-hydrogen) atoms. The third-order valence-corrected chi connectivity index (χ3v) is 8.94. The first-order valence-corrected chi connectivity index (χ1v) is 15.8. The van der Waals surface area contributed by atoms with Crippen molar-refractivity contribution < 1.29 is 14.0 Å². The standard InChI is InChI=1S/C35H40FN7O2/c1-25-32(22-26-7-9-28(36)10-8-26)33(34(44)42-20-15-30(16-21-42)41-18-3-2-4-19-41)40-43(25)31-13-11-29(12-14-31)39-35(45)38-24-27-6-5-17-37-23-27/h5-14,17,23,30H,2-4,15-16,18-22,24H2,1H3,(H2,38,39,45). The van der Waals surface area contributed by atoms with Crippen molar-refractivity contribution in [1.29, 1.82) is 0 Å². The monoisotopic (exact) mass is 609 g/mol. The molecule has 2 aromatic carbocycles. The van der Waals surface area contributed by atoms with Gasteiger partial charge >= 0.3 is 6.03 Å². The Balaban J connectivity index is 1.18. The second kappa shape index (κ2) is 14.0. The first kappa shape index (κ1) is 30.5. The van der Waals surface area contributed by atoms with Crippen LogP contribution in [0.25, 0.3) is 5.69 Å². The summed E-state index contributed by atoms with van der Waals surface area (Å²) in [7, 11) is 0.